The molecule has 0 bridgehead atoms. The third-order valence-corrected chi connectivity index (χ3v) is 4.78. The van der Waals surface area contributed by atoms with Crippen molar-refractivity contribution in [1.82, 2.24) is 19.9 Å². The second kappa shape index (κ2) is 9.41. The van der Waals surface area contributed by atoms with Gasteiger partial charge < -0.3 is 24.8 Å². The van der Waals surface area contributed by atoms with Gasteiger partial charge in [-0.25, -0.2) is 19.3 Å². The first-order valence-corrected chi connectivity index (χ1v) is 10.0. The van der Waals surface area contributed by atoms with Gasteiger partial charge in [0.05, 0.1) is 12.8 Å². The normalized spacial score (nSPS) is 14.3. The molecule has 2 N–H and O–H groups in total. The number of nitrogens with zero attached hydrogens (tertiary/aromatic N) is 5. The summed E-state index contributed by atoms with van der Waals surface area (Å²) in [6, 6.07) is 9.34. The summed E-state index contributed by atoms with van der Waals surface area (Å²) in [6.45, 7) is 3.90. The van der Waals surface area contributed by atoms with E-state index in [0.29, 0.717) is 37.1 Å². The Morgan fingerprint density at radius 1 is 1.13 bits per heavy atom. The molecule has 0 spiro atoms. The summed E-state index contributed by atoms with van der Waals surface area (Å²) in [5.41, 5.74) is 5.47. The molecular weight excluding hydrogens is 403 g/mol. The summed E-state index contributed by atoms with van der Waals surface area (Å²) in [4.78, 5) is 18.4. The van der Waals surface area contributed by atoms with Crippen LogP contribution in [-0.4, -0.2) is 45.7 Å². The van der Waals surface area contributed by atoms with Gasteiger partial charge in [-0.3, -0.25) is 0 Å². The lowest BCUT2D eigenvalue weighted by Gasteiger charge is -2.32. The van der Waals surface area contributed by atoms with Crippen LogP contribution in [0.15, 0.2) is 42.9 Å². The molecular formula is C21H23FN6O3. The minimum absolute atomic E-state index is 0.0861. The number of hydrogen-bond donors (Lipinski definition) is 1. The number of anilines is 2. The SMILES string of the molecule is CCOc1ccccc1Oc1cc(N2CCC(Oc3ncc(F)c(N)n3)CC2)ncn1. The van der Waals surface area contributed by atoms with Crippen LogP contribution in [0, 0.1) is 5.82 Å². The Hall–Kier alpha value is -3.69. The van der Waals surface area contributed by atoms with Crippen molar-refractivity contribution >= 4 is 11.6 Å². The molecule has 31 heavy (non-hydrogen) atoms. The van der Waals surface area contributed by atoms with Crippen LogP contribution in [0.4, 0.5) is 16.0 Å². The van der Waals surface area contributed by atoms with Crippen LogP contribution in [0.25, 0.3) is 0 Å². The van der Waals surface area contributed by atoms with Crippen LogP contribution < -0.4 is 24.8 Å². The minimum Gasteiger partial charge on any atom is -0.490 e. The predicted octanol–water partition coefficient (Wildman–Crippen LogP) is 3.23. The largest absolute Gasteiger partial charge is 0.490 e. The second-order valence-electron chi connectivity index (χ2n) is 6.89. The molecule has 0 atom stereocenters. The van der Waals surface area contributed by atoms with Gasteiger partial charge in [0.2, 0.25) is 5.88 Å². The second-order valence-corrected chi connectivity index (χ2v) is 6.89. The fourth-order valence-electron chi connectivity index (χ4n) is 3.25. The smallest absolute Gasteiger partial charge is 0.318 e. The Balaban J connectivity index is 1.37. The molecule has 0 amide bonds. The van der Waals surface area contributed by atoms with E-state index in [-0.39, 0.29) is 17.9 Å². The molecule has 1 aromatic carbocycles. The van der Waals surface area contributed by atoms with Crippen molar-refractivity contribution < 1.29 is 18.6 Å². The summed E-state index contributed by atoms with van der Waals surface area (Å²) < 4.78 is 30.5. The van der Waals surface area contributed by atoms with Gasteiger partial charge in [0, 0.05) is 32.0 Å². The maximum absolute atomic E-state index is 13.2. The molecule has 9 nitrogen and oxygen atoms in total. The first-order chi connectivity index (χ1) is 15.1. The minimum atomic E-state index is -0.659. The Bertz CT molecular complexity index is 1030. The number of piperidine rings is 1. The lowest BCUT2D eigenvalue weighted by atomic mass is 10.1. The number of ether oxygens (including phenoxy) is 3. The molecule has 1 saturated heterocycles. The number of nitrogen functional groups attached to an aromatic ring is 1. The standard InChI is InChI=1S/C21H23FN6O3/c1-2-29-16-5-3-4-6-17(16)31-19-11-18(25-13-26-19)28-9-7-14(8-10-28)30-21-24-12-15(22)20(23)27-21/h3-6,11-14H,2,7-10H2,1H3,(H2,23,24,27). The van der Waals surface area contributed by atoms with E-state index in [1.807, 2.05) is 31.2 Å². The number of aromatic nitrogens is 4. The van der Waals surface area contributed by atoms with Crippen LogP contribution in [0.3, 0.4) is 0 Å². The van der Waals surface area contributed by atoms with E-state index >= 15 is 0 Å². The summed E-state index contributed by atoms with van der Waals surface area (Å²) in [5.74, 6) is 1.58. The molecule has 4 rings (SSSR count). The third kappa shape index (κ3) is 5.08. The molecule has 0 radical (unpaired) electrons. The maximum Gasteiger partial charge on any atom is 0.318 e. The molecule has 3 heterocycles. The zero-order valence-corrected chi connectivity index (χ0v) is 17.1. The number of nitrogens with two attached hydrogens (primary N) is 1. The molecule has 0 aliphatic carbocycles. The lowest BCUT2D eigenvalue weighted by molar-refractivity contribution is 0.156. The van der Waals surface area contributed by atoms with Crippen molar-refractivity contribution in [2.45, 2.75) is 25.9 Å². The number of benzene rings is 1. The van der Waals surface area contributed by atoms with Crippen molar-refractivity contribution in [3.05, 3.63) is 48.7 Å². The molecule has 1 fully saturated rings. The molecule has 2 aromatic heterocycles. The number of rotatable bonds is 7. The maximum atomic E-state index is 13.2. The monoisotopic (exact) mass is 426 g/mol. The van der Waals surface area contributed by atoms with E-state index < -0.39 is 5.82 Å². The van der Waals surface area contributed by atoms with Crippen molar-refractivity contribution in [1.29, 1.82) is 0 Å². The van der Waals surface area contributed by atoms with Crippen LogP contribution in [0.2, 0.25) is 0 Å². The molecule has 162 valence electrons. The van der Waals surface area contributed by atoms with Gasteiger partial charge in [-0.15, -0.1) is 0 Å². The topological polar surface area (TPSA) is 109 Å². The van der Waals surface area contributed by atoms with Crippen LogP contribution in [0.5, 0.6) is 23.4 Å². The zero-order chi connectivity index (χ0) is 21.6. The molecule has 1 aliphatic heterocycles. The first kappa shape index (κ1) is 20.6. The van der Waals surface area contributed by atoms with E-state index in [1.165, 1.54) is 6.33 Å². The quantitative estimate of drug-likeness (QED) is 0.609. The van der Waals surface area contributed by atoms with Gasteiger partial charge in [-0.1, -0.05) is 12.1 Å². The molecule has 10 heteroatoms. The van der Waals surface area contributed by atoms with Gasteiger partial charge in [0.15, 0.2) is 23.1 Å². The molecule has 0 saturated carbocycles. The summed E-state index contributed by atoms with van der Waals surface area (Å²) in [5, 5.41) is 0. The molecule has 3 aromatic rings. The van der Waals surface area contributed by atoms with Crippen molar-refractivity contribution in [2.24, 2.45) is 0 Å². The fraction of sp³-hybridized carbons (Fsp3) is 0.333. The van der Waals surface area contributed by atoms with Crippen molar-refractivity contribution in [3.63, 3.8) is 0 Å². The number of halogens is 1. The summed E-state index contributed by atoms with van der Waals surface area (Å²) >= 11 is 0. The molecule has 0 unspecified atom stereocenters. The van der Waals surface area contributed by atoms with Crippen LogP contribution in [-0.2, 0) is 0 Å². The highest BCUT2D eigenvalue weighted by molar-refractivity contribution is 5.45. The number of para-hydroxylation sites is 2. The highest BCUT2D eigenvalue weighted by Gasteiger charge is 2.23. The van der Waals surface area contributed by atoms with Crippen LogP contribution >= 0.6 is 0 Å². The Labute approximate surface area is 179 Å². The van der Waals surface area contributed by atoms with Gasteiger partial charge in [-0.05, 0) is 19.1 Å². The Morgan fingerprint density at radius 2 is 1.90 bits per heavy atom. The van der Waals surface area contributed by atoms with E-state index in [9.17, 15) is 4.39 Å². The fourth-order valence-corrected chi connectivity index (χ4v) is 3.25. The summed E-state index contributed by atoms with van der Waals surface area (Å²) in [6.07, 6.45) is 3.86. The van der Waals surface area contributed by atoms with E-state index in [2.05, 4.69) is 24.8 Å². The lowest BCUT2D eigenvalue weighted by Crippen LogP contribution is -2.39. The van der Waals surface area contributed by atoms with Crippen LogP contribution in [0.1, 0.15) is 19.8 Å². The predicted molar refractivity (Wildman–Crippen MR) is 112 cm³/mol. The third-order valence-electron chi connectivity index (χ3n) is 4.78. The van der Waals surface area contributed by atoms with Gasteiger partial charge >= 0.3 is 6.01 Å². The van der Waals surface area contributed by atoms with Gasteiger partial charge in [0.1, 0.15) is 18.2 Å². The first-order valence-electron chi connectivity index (χ1n) is 10.0. The number of hydrogen-bond acceptors (Lipinski definition) is 9. The van der Waals surface area contributed by atoms with Crippen molar-refractivity contribution in [3.8, 4) is 23.4 Å². The van der Waals surface area contributed by atoms with Gasteiger partial charge in [-0.2, -0.15) is 4.98 Å². The van der Waals surface area contributed by atoms with E-state index in [0.717, 1.165) is 24.9 Å². The van der Waals surface area contributed by atoms with E-state index in [4.69, 9.17) is 19.9 Å². The average molecular weight is 426 g/mol. The Morgan fingerprint density at radius 3 is 2.65 bits per heavy atom. The zero-order valence-electron chi connectivity index (χ0n) is 17.1. The highest BCUT2D eigenvalue weighted by Crippen LogP contribution is 2.31. The average Bonchev–Trinajstić information content (AvgIpc) is 2.79. The van der Waals surface area contributed by atoms with Gasteiger partial charge in [0.25, 0.3) is 0 Å². The molecule has 1 aliphatic rings. The highest BCUT2D eigenvalue weighted by atomic mass is 19.1. The Kier molecular flexibility index (Phi) is 6.25. The van der Waals surface area contributed by atoms with E-state index in [1.54, 1.807) is 6.07 Å². The van der Waals surface area contributed by atoms with Crippen molar-refractivity contribution in [2.75, 3.05) is 30.3 Å². The summed E-state index contributed by atoms with van der Waals surface area (Å²) in [7, 11) is 0.